The molecule has 0 heterocycles. The molecule has 0 aliphatic rings. The third-order valence-electron chi connectivity index (χ3n) is 5.72. The zero-order valence-electron chi connectivity index (χ0n) is 21.7. The van der Waals surface area contributed by atoms with Crippen molar-refractivity contribution in [2.45, 2.75) is 142 Å². The van der Waals surface area contributed by atoms with E-state index in [9.17, 15) is 14.4 Å². The zero-order valence-corrected chi connectivity index (χ0v) is 21.7. The predicted octanol–water partition coefficient (Wildman–Crippen LogP) is 7.07. The van der Waals surface area contributed by atoms with Gasteiger partial charge in [-0.2, -0.15) is 0 Å². The number of carbonyl (C=O) groups excluding carboxylic acids is 3. The van der Waals surface area contributed by atoms with E-state index in [0.29, 0.717) is 6.42 Å². The van der Waals surface area contributed by atoms with E-state index in [1.807, 2.05) is 0 Å². The lowest BCUT2D eigenvalue weighted by Crippen LogP contribution is -2.30. The first kappa shape index (κ1) is 31.4. The molecule has 0 saturated heterocycles. The van der Waals surface area contributed by atoms with Crippen molar-refractivity contribution in [3.63, 3.8) is 0 Å². The van der Waals surface area contributed by atoms with Crippen molar-refractivity contribution in [3.8, 4) is 0 Å². The molecule has 0 aliphatic carbocycles. The monoisotopic (exact) mass is 470 g/mol. The van der Waals surface area contributed by atoms with Gasteiger partial charge in [0.25, 0.3) is 0 Å². The molecule has 0 amide bonds. The second-order valence-corrected chi connectivity index (χ2v) is 8.88. The molecule has 0 aromatic heterocycles. The van der Waals surface area contributed by atoms with Crippen LogP contribution in [0.5, 0.6) is 0 Å². The molecule has 0 aromatic carbocycles. The van der Waals surface area contributed by atoms with Gasteiger partial charge in [-0.25, -0.2) is 0 Å². The summed E-state index contributed by atoms with van der Waals surface area (Å²) in [6.45, 7) is 5.45. The van der Waals surface area contributed by atoms with Gasteiger partial charge in [0.1, 0.15) is 13.2 Å². The molecule has 0 rings (SSSR count). The highest BCUT2D eigenvalue weighted by molar-refractivity contribution is 5.70. The second kappa shape index (κ2) is 23.6. The lowest BCUT2D eigenvalue weighted by atomic mass is 10.0. The Kier molecular flexibility index (Phi) is 22.4. The number of esters is 3. The molecule has 0 bridgehead atoms. The fourth-order valence-corrected chi connectivity index (χ4v) is 3.57. The molecule has 6 heteroatoms. The van der Waals surface area contributed by atoms with Crippen LogP contribution in [0.2, 0.25) is 0 Å². The Morgan fingerprint density at radius 2 is 0.909 bits per heavy atom. The molecule has 33 heavy (non-hydrogen) atoms. The SMILES string of the molecule is CCCCCCCCCCCCCCCCCC(=O)OCC(COC(=O)CC)OC(=O)CC. The van der Waals surface area contributed by atoms with Gasteiger partial charge in [0.05, 0.1) is 0 Å². The molecular formula is C27H50O6. The fraction of sp³-hybridized carbons (Fsp3) is 0.889. The molecule has 0 radical (unpaired) electrons. The third kappa shape index (κ3) is 22.0. The van der Waals surface area contributed by atoms with Crippen LogP contribution in [0.1, 0.15) is 136 Å². The van der Waals surface area contributed by atoms with Crippen molar-refractivity contribution < 1.29 is 28.6 Å². The number of hydrogen-bond donors (Lipinski definition) is 0. The third-order valence-corrected chi connectivity index (χ3v) is 5.72. The van der Waals surface area contributed by atoms with Gasteiger partial charge in [-0.3, -0.25) is 14.4 Å². The Balaban J connectivity index is 3.63. The van der Waals surface area contributed by atoms with Gasteiger partial charge in [-0.15, -0.1) is 0 Å². The van der Waals surface area contributed by atoms with Gasteiger partial charge in [0, 0.05) is 19.3 Å². The highest BCUT2D eigenvalue weighted by Gasteiger charge is 2.18. The first-order chi connectivity index (χ1) is 16.0. The minimum atomic E-state index is -0.752. The van der Waals surface area contributed by atoms with Crippen LogP contribution in [0.4, 0.5) is 0 Å². The van der Waals surface area contributed by atoms with E-state index in [4.69, 9.17) is 14.2 Å². The predicted molar refractivity (Wildman–Crippen MR) is 132 cm³/mol. The average Bonchev–Trinajstić information content (AvgIpc) is 2.82. The Morgan fingerprint density at radius 3 is 1.33 bits per heavy atom. The van der Waals surface area contributed by atoms with E-state index >= 15 is 0 Å². The maximum Gasteiger partial charge on any atom is 0.306 e. The molecule has 1 unspecified atom stereocenters. The van der Waals surface area contributed by atoms with Crippen molar-refractivity contribution in [1.29, 1.82) is 0 Å². The topological polar surface area (TPSA) is 78.9 Å². The summed E-state index contributed by atoms with van der Waals surface area (Å²) in [6, 6.07) is 0. The number of hydrogen-bond acceptors (Lipinski definition) is 6. The summed E-state index contributed by atoms with van der Waals surface area (Å²) >= 11 is 0. The molecule has 0 aromatic rings. The fourth-order valence-electron chi connectivity index (χ4n) is 3.57. The van der Waals surface area contributed by atoms with E-state index in [-0.39, 0.29) is 38.0 Å². The number of ether oxygens (including phenoxy) is 3. The van der Waals surface area contributed by atoms with Crippen LogP contribution in [-0.4, -0.2) is 37.2 Å². The van der Waals surface area contributed by atoms with Gasteiger partial charge < -0.3 is 14.2 Å². The van der Waals surface area contributed by atoms with E-state index in [0.717, 1.165) is 19.3 Å². The lowest BCUT2D eigenvalue weighted by molar-refractivity contribution is -0.166. The summed E-state index contributed by atoms with van der Waals surface area (Å²) in [6.07, 6.45) is 19.3. The maximum atomic E-state index is 12.0. The van der Waals surface area contributed by atoms with Gasteiger partial charge in [-0.1, -0.05) is 111 Å². The molecule has 1 atom stereocenters. The molecule has 0 fully saturated rings. The first-order valence-electron chi connectivity index (χ1n) is 13.5. The van der Waals surface area contributed by atoms with Crippen molar-refractivity contribution in [1.82, 2.24) is 0 Å². The summed E-state index contributed by atoms with van der Waals surface area (Å²) in [4.78, 5) is 34.8. The van der Waals surface area contributed by atoms with Crippen molar-refractivity contribution in [2.24, 2.45) is 0 Å². The van der Waals surface area contributed by atoms with Gasteiger partial charge in [0.15, 0.2) is 6.10 Å². The van der Waals surface area contributed by atoms with Gasteiger partial charge in [-0.05, 0) is 6.42 Å². The summed E-state index contributed by atoms with van der Waals surface area (Å²) < 4.78 is 15.4. The van der Waals surface area contributed by atoms with Crippen molar-refractivity contribution >= 4 is 17.9 Å². The van der Waals surface area contributed by atoms with Gasteiger partial charge >= 0.3 is 17.9 Å². The number of rotatable bonds is 23. The maximum absolute atomic E-state index is 12.0. The van der Waals surface area contributed by atoms with E-state index in [2.05, 4.69) is 6.92 Å². The van der Waals surface area contributed by atoms with Gasteiger partial charge in [0.2, 0.25) is 0 Å². The van der Waals surface area contributed by atoms with E-state index in [1.54, 1.807) is 13.8 Å². The van der Waals surface area contributed by atoms with Crippen LogP contribution in [0.3, 0.4) is 0 Å². The van der Waals surface area contributed by atoms with E-state index < -0.39 is 12.1 Å². The Hall–Kier alpha value is -1.59. The van der Waals surface area contributed by atoms with Crippen LogP contribution in [0, 0.1) is 0 Å². The van der Waals surface area contributed by atoms with Crippen molar-refractivity contribution in [2.75, 3.05) is 13.2 Å². The Morgan fingerprint density at radius 1 is 0.515 bits per heavy atom. The minimum Gasteiger partial charge on any atom is -0.462 e. The quantitative estimate of drug-likeness (QED) is 0.0903. The largest absolute Gasteiger partial charge is 0.462 e. The highest BCUT2D eigenvalue weighted by atomic mass is 16.6. The smallest absolute Gasteiger partial charge is 0.306 e. The van der Waals surface area contributed by atoms with Crippen LogP contribution in [-0.2, 0) is 28.6 Å². The van der Waals surface area contributed by atoms with Crippen LogP contribution >= 0.6 is 0 Å². The number of carbonyl (C=O) groups is 3. The lowest BCUT2D eigenvalue weighted by Gasteiger charge is -2.17. The zero-order chi connectivity index (χ0) is 24.6. The summed E-state index contributed by atoms with van der Waals surface area (Å²) in [5, 5.41) is 0. The first-order valence-corrected chi connectivity index (χ1v) is 13.5. The van der Waals surface area contributed by atoms with Crippen LogP contribution < -0.4 is 0 Å². The normalized spacial score (nSPS) is 11.7. The summed E-state index contributed by atoms with van der Waals surface area (Å²) in [7, 11) is 0. The minimum absolute atomic E-state index is 0.0830. The van der Waals surface area contributed by atoms with Crippen LogP contribution in [0.15, 0.2) is 0 Å². The summed E-state index contributed by atoms with van der Waals surface area (Å²) in [5.41, 5.74) is 0. The van der Waals surface area contributed by atoms with E-state index in [1.165, 1.54) is 77.0 Å². The molecule has 6 nitrogen and oxygen atoms in total. The molecular weight excluding hydrogens is 420 g/mol. The average molecular weight is 471 g/mol. The Bertz CT molecular complexity index is 491. The molecule has 0 saturated carbocycles. The Labute approximate surface area is 202 Å². The standard InChI is InChI=1S/C27H50O6/c1-4-7-8-9-10-11-12-13-14-15-16-17-18-19-20-21-27(30)32-23-24(33-26(29)6-3)22-31-25(28)5-2/h24H,4-23H2,1-3H3. The van der Waals surface area contributed by atoms with Crippen LogP contribution in [0.25, 0.3) is 0 Å². The molecule has 0 aliphatic heterocycles. The molecule has 0 N–H and O–H groups in total. The summed E-state index contributed by atoms with van der Waals surface area (Å²) in [5.74, 6) is -1.09. The number of unbranched alkanes of at least 4 members (excludes halogenated alkanes) is 14. The van der Waals surface area contributed by atoms with Crippen molar-refractivity contribution in [3.05, 3.63) is 0 Å². The molecule has 194 valence electrons. The second-order valence-electron chi connectivity index (χ2n) is 8.88. The molecule has 0 spiro atoms. The highest BCUT2D eigenvalue weighted by Crippen LogP contribution is 2.14.